The number of para-hydroxylation sites is 2. The normalized spacial score (nSPS) is 11.4. The van der Waals surface area contributed by atoms with Crippen molar-refractivity contribution in [2.24, 2.45) is 0 Å². The van der Waals surface area contributed by atoms with Crippen molar-refractivity contribution in [2.75, 3.05) is 4.90 Å². The quantitative estimate of drug-likeness (QED) is 0.151. The lowest BCUT2D eigenvalue weighted by Crippen LogP contribution is -2.09. The molecule has 0 unspecified atom stereocenters. The first-order valence-electron chi connectivity index (χ1n) is 19.8. The minimum atomic E-state index is 0.905. The van der Waals surface area contributed by atoms with Crippen molar-refractivity contribution in [3.05, 3.63) is 224 Å². The molecule has 10 aromatic carbocycles. The molecule has 11 aromatic rings. The average Bonchev–Trinajstić information content (AvgIpc) is 3.70. The fourth-order valence-corrected chi connectivity index (χ4v) is 8.57. The van der Waals surface area contributed by atoms with E-state index in [-0.39, 0.29) is 0 Å². The average molecular weight is 740 g/mol. The Balaban J connectivity index is 0.963. The molecule has 11 rings (SSSR count). The van der Waals surface area contributed by atoms with Gasteiger partial charge in [-0.25, -0.2) is 0 Å². The smallest absolute Gasteiger partial charge is 0.143 e. The third-order valence-electron chi connectivity index (χ3n) is 11.4. The summed E-state index contributed by atoms with van der Waals surface area (Å²) in [7, 11) is 0. The molecular weight excluding hydrogens is 703 g/mol. The van der Waals surface area contributed by atoms with Crippen LogP contribution in [0.15, 0.2) is 229 Å². The van der Waals surface area contributed by atoms with Gasteiger partial charge in [-0.15, -0.1) is 0 Å². The van der Waals surface area contributed by atoms with Crippen LogP contribution in [0.25, 0.3) is 88.0 Å². The second-order valence-electron chi connectivity index (χ2n) is 14.9. The van der Waals surface area contributed by atoms with E-state index < -0.39 is 0 Å². The highest BCUT2D eigenvalue weighted by atomic mass is 16.3. The molecule has 0 fully saturated rings. The molecule has 0 radical (unpaired) electrons. The molecule has 2 nitrogen and oxygen atoms in total. The van der Waals surface area contributed by atoms with Crippen LogP contribution in [-0.2, 0) is 0 Å². The molecule has 0 N–H and O–H groups in total. The predicted molar refractivity (Wildman–Crippen MR) is 245 cm³/mol. The first kappa shape index (κ1) is 33.6. The number of benzene rings is 10. The number of furan rings is 1. The van der Waals surface area contributed by atoms with E-state index in [9.17, 15) is 0 Å². The SMILES string of the molecule is c1ccc(-c2cccc(-c3ccc(N(c4ccccc4)c4ccc(-c5cccc6c5oc5c6ccc6ccc7cc(-c8ccccc8)ccc7c65)cc4)cc3)c2)cc1. The second kappa shape index (κ2) is 14.1. The molecule has 0 aliphatic carbocycles. The molecule has 0 spiro atoms. The molecule has 272 valence electrons. The molecule has 0 saturated heterocycles. The van der Waals surface area contributed by atoms with Gasteiger partial charge >= 0.3 is 0 Å². The third kappa shape index (κ3) is 5.91. The summed E-state index contributed by atoms with van der Waals surface area (Å²) in [6, 6.07) is 80.4. The Bertz CT molecular complexity index is 3240. The van der Waals surface area contributed by atoms with Gasteiger partial charge in [-0.3, -0.25) is 0 Å². The van der Waals surface area contributed by atoms with Crippen LogP contribution in [0.5, 0.6) is 0 Å². The number of fused-ring (bicyclic) bond motifs is 7. The number of hydrogen-bond acceptors (Lipinski definition) is 2. The Hall–Kier alpha value is -7.68. The van der Waals surface area contributed by atoms with Crippen molar-refractivity contribution in [1.82, 2.24) is 0 Å². The van der Waals surface area contributed by atoms with Crippen LogP contribution in [0.2, 0.25) is 0 Å². The van der Waals surface area contributed by atoms with Gasteiger partial charge in [0, 0.05) is 38.8 Å². The van der Waals surface area contributed by atoms with Crippen LogP contribution >= 0.6 is 0 Å². The highest BCUT2D eigenvalue weighted by Crippen LogP contribution is 2.43. The molecule has 0 saturated carbocycles. The van der Waals surface area contributed by atoms with Gasteiger partial charge in [0.25, 0.3) is 0 Å². The van der Waals surface area contributed by atoms with Crippen LogP contribution in [0.3, 0.4) is 0 Å². The monoisotopic (exact) mass is 739 g/mol. The van der Waals surface area contributed by atoms with Gasteiger partial charge in [0.2, 0.25) is 0 Å². The summed E-state index contributed by atoms with van der Waals surface area (Å²) in [6.07, 6.45) is 0. The van der Waals surface area contributed by atoms with Crippen molar-refractivity contribution in [1.29, 1.82) is 0 Å². The molecule has 0 bridgehead atoms. The van der Waals surface area contributed by atoms with Crippen LogP contribution in [-0.4, -0.2) is 0 Å². The second-order valence-corrected chi connectivity index (χ2v) is 14.9. The molecule has 0 atom stereocenters. The van der Waals surface area contributed by atoms with Crippen molar-refractivity contribution in [3.63, 3.8) is 0 Å². The van der Waals surface area contributed by atoms with E-state index >= 15 is 0 Å². The maximum absolute atomic E-state index is 6.96. The highest BCUT2D eigenvalue weighted by molar-refractivity contribution is 6.24. The van der Waals surface area contributed by atoms with E-state index in [0.717, 1.165) is 55.5 Å². The molecule has 1 heterocycles. The number of anilines is 3. The molecule has 2 heteroatoms. The van der Waals surface area contributed by atoms with Gasteiger partial charge in [0.1, 0.15) is 11.2 Å². The van der Waals surface area contributed by atoms with E-state index in [1.165, 1.54) is 49.5 Å². The molecule has 0 aliphatic rings. The summed E-state index contributed by atoms with van der Waals surface area (Å²) in [5.41, 5.74) is 14.5. The Morgan fingerprint density at radius 2 is 0.741 bits per heavy atom. The van der Waals surface area contributed by atoms with Gasteiger partial charge in [0.05, 0.1) is 0 Å². The maximum atomic E-state index is 6.96. The standard InChI is InChI=1S/C56H37NO/c1-4-12-38(13-5-1)43-16-10-17-44(36-43)40-24-30-48(31-25-40)57(47-18-8-3-9-19-47)49-32-26-41(27-33-49)51-20-11-21-52-53-35-28-42-22-23-46-37-45(39-14-6-2-7-15-39)29-34-50(46)54(42)56(53)58-55(51)52/h1-37H. The summed E-state index contributed by atoms with van der Waals surface area (Å²) in [4.78, 5) is 2.32. The Kier molecular flexibility index (Phi) is 8.19. The van der Waals surface area contributed by atoms with E-state index in [0.29, 0.717) is 0 Å². The van der Waals surface area contributed by atoms with Crippen LogP contribution < -0.4 is 4.90 Å². The number of nitrogens with zero attached hydrogens (tertiary/aromatic N) is 1. The molecular formula is C56H37NO. The van der Waals surface area contributed by atoms with E-state index in [4.69, 9.17) is 4.42 Å². The van der Waals surface area contributed by atoms with Gasteiger partial charge in [-0.2, -0.15) is 0 Å². The number of rotatable bonds is 7. The summed E-state index contributed by atoms with van der Waals surface area (Å²) in [5, 5.41) is 6.98. The van der Waals surface area contributed by atoms with Gasteiger partial charge in [-0.05, 0) is 110 Å². The summed E-state index contributed by atoms with van der Waals surface area (Å²) in [5.74, 6) is 0. The zero-order valence-corrected chi connectivity index (χ0v) is 31.7. The van der Waals surface area contributed by atoms with Crippen LogP contribution in [0.4, 0.5) is 17.1 Å². The van der Waals surface area contributed by atoms with E-state index in [2.05, 4.69) is 229 Å². The fourth-order valence-electron chi connectivity index (χ4n) is 8.57. The summed E-state index contributed by atoms with van der Waals surface area (Å²) in [6.45, 7) is 0. The predicted octanol–water partition coefficient (Wildman–Crippen LogP) is 16.0. The van der Waals surface area contributed by atoms with Crippen LogP contribution in [0, 0.1) is 0 Å². The van der Waals surface area contributed by atoms with Crippen molar-refractivity contribution >= 4 is 60.5 Å². The number of hydrogen-bond donors (Lipinski definition) is 0. The zero-order chi connectivity index (χ0) is 38.4. The molecule has 58 heavy (non-hydrogen) atoms. The van der Waals surface area contributed by atoms with Crippen molar-refractivity contribution in [2.45, 2.75) is 0 Å². The third-order valence-corrected chi connectivity index (χ3v) is 11.4. The molecule has 1 aromatic heterocycles. The van der Waals surface area contributed by atoms with Gasteiger partial charge in [-0.1, -0.05) is 170 Å². The minimum Gasteiger partial charge on any atom is -0.455 e. The van der Waals surface area contributed by atoms with E-state index in [1.54, 1.807) is 0 Å². The van der Waals surface area contributed by atoms with Crippen molar-refractivity contribution in [3.8, 4) is 44.5 Å². The summed E-state index contributed by atoms with van der Waals surface area (Å²) >= 11 is 0. The Morgan fingerprint density at radius 3 is 1.41 bits per heavy atom. The Labute approximate surface area is 337 Å². The van der Waals surface area contributed by atoms with Crippen molar-refractivity contribution < 1.29 is 4.42 Å². The van der Waals surface area contributed by atoms with Crippen LogP contribution in [0.1, 0.15) is 0 Å². The topological polar surface area (TPSA) is 16.4 Å². The molecule has 0 amide bonds. The first-order chi connectivity index (χ1) is 28.7. The maximum Gasteiger partial charge on any atom is 0.143 e. The highest BCUT2D eigenvalue weighted by Gasteiger charge is 2.18. The lowest BCUT2D eigenvalue weighted by atomic mass is 9.96. The fraction of sp³-hybridized carbons (Fsp3) is 0. The minimum absolute atomic E-state index is 0.905. The lowest BCUT2D eigenvalue weighted by Gasteiger charge is -2.26. The van der Waals surface area contributed by atoms with Gasteiger partial charge in [0.15, 0.2) is 0 Å². The largest absolute Gasteiger partial charge is 0.455 e. The molecule has 0 aliphatic heterocycles. The first-order valence-corrected chi connectivity index (χ1v) is 19.8. The summed E-state index contributed by atoms with van der Waals surface area (Å²) < 4.78 is 6.96. The zero-order valence-electron chi connectivity index (χ0n) is 31.7. The lowest BCUT2D eigenvalue weighted by molar-refractivity contribution is 0.674. The van der Waals surface area contributed by atoms with E-state index in [1.807, 2.05) is 0 Å². The Morgan fingerprint density at radius 1 is 0.276 bits per heavy atom. The van der Waals surface area contributed by atoms with Gasteiger partial charge < -0.3 is 9.32 Å².